The number of nitrogens with zero attached hydrogens (tertiary/aromatic N) is 1. The van der Waals surface area contributed by atoms with Crippen LogP contribution in [0.4, 0.5) is 13.2 Å². The molecular weight excluding hydrogens is 556 g/mol. The van der Waals surface area contributed by atoms with Crippen LogP contribution >= 0.6 is 35.0 Å². The van der Waals surface area contributed by atoms with E-state index in [1.54, 1.807) is 29.2 Å². The predicted octanol–water partition coefficient (Wildman–Crippen LogP) is 5.56. The van der Waals surface area contributed by atoms with Gasteiger partial charge in [-0.05, 0) is 41.5 Å². The number of ether oxygens (including phenoxy) is 2. The van der Waals surface area contributed by atoms with E-state index in [1.807, 2.05) is 0 Å². The van der Waals surface area contributed by atoms with Gasteiger partial charge in [0.1, 0.15) is 17.0 Å². The number of aromatic nitrogens is 1. The molecule has 1 amide bonds. The second-order valence-electron chi connectivity index (χ2n) is 7.86. The number of benzene rings is 2. The molecule has 1 aliphatic rings. The number of hydrogen-bond acceptors (Lipinski definition) is 6. The Kier molecular flexibility index (Phi) is 7.77. The highest BCUT2D eigenvalue weighted by atomic mass is 35.5. The summed E-state index contributed by atoms with van der Waals surface area (Å²) in [5, 5.41) is 0.301. The van der Waals surface area contributed by atoms with E-state index in [9.17, 15) is 27.6 Å². The van der Waals surface area contributed by atoms with Crippen molar-refractivity contribution in [2.45, 2.75) is 29.1 Å². The van der Waals surface area contributed by atoms with Crippen LogP contribution in [0.1, 0.15) is 27.2 Å². The number of hydrogen-bond donors (Lipinski definition) is 1. The number of carbonyl (C=O) groups is 2. The lowest BCUT2D eigenvalue weighted by molar-refractivity contribution is -0.143. The van der Waals surface area contributed by atoms with E-state index in [-0.39, 0.29) is 39.5 Å². The number of halogens is 5. The quantitative estimate of drug-likeness (QED) is 0.389. The third-order valence-corrected chi connectivity index (χ3v) is 7.46. The van der Waals surface area contributed by atoms with Crippen LogP contribution in [0.2, 0.25) is 10.0 Å². The Hall–Kier alpha value is -3.15. The number of carbonyl (C=O) groups excluding carboxylic acids is 2. The molecule has 0 saturated carbocycles. The summed E-state index contributed by atoms with van der Waals surface area (Å²) in [7, 11) is 1.23. The standard InChI is InChI=1S/C24H17Cl2F3N2O5S/c1-35-19(32)11-36-14-6-5-12-9-31(10-13(12)7-14)23(34)20-17(8-18(24(27,28)29)30-22(20)33)37-21-15(25)3-2-4-16(21)26/h2-8H,9-11H2,1H3,(H,30,33). The van der Waals surface area contributed by atoms with Crippen LogP contribution in [0, 0.1) is 0 Å². The molecule has 0 atom stereocenters. The van der Waals surface area contributed by atoms with Gasteiger partial charge in [0.25, 0.3) is 11.5 Å². The number of alkyl halides is 3. The summed E-state index contributed by atoms with van der Waals surface area (Å²) < 4.78 is 50.3. The van der Waals surface area contributed by atoms with Crippen molar-refractivity contribution in [2.75, 3.05) is 13.7 Å². The van der Waals surface area contributed by atoms with E-state index in [0.717, 1.165) is 5.56 Å². The molecule has 3 aromatic rings. The molecule has 1 aromatic heterocycles. The summed E-state index contributed by atoms with van der Waals surface area (Å²) in [5.41, 5.74) is -1.52. The van der Waals surface area contributed by atoms with Gasteiger partial charge in [-0.15, -0.1) is 0 Å². The minimum Gasteiger partial charge on any atom is -0.482 e. The zero-order valence-electron chi connectivity index (χ0n) is 18.9. The van der Waals surface area contributed by atoms with Gasteiger partial charge in [-0.2, -0.15) is 13.2 Å². The van der Waals surface area contributed by atoms with Gasteiger partial charge < -0.3 is 19.4 Å². The summed E-state index contributed by atoms with van der Waals surface area (Å²) in [4.78, 5) is 40.7. The van der Waals surface area contributed by atoms with Crippen LogP contribution in [0.25, 0.3) is 0 Å². The van der Waals surface area contributed by atoms with Crippen molar-refractivity contribution in [3.8, 4) is 5.75 Å². The maximum absolute atomic E-state index is 13.5. The number of fused-ring (bicyclic) bond motifs is 1. The normalized spacial score (nSPS) is 12.9. The molecule has 0 unspecified atom stereocenters. The molecule has 0 fully saturated rings. The van der Waals surface area contributed by atoms with E-state index in [2.05, 4.69) is 4.74 Å². The number of nitrogens with one attached hydrogen (secondary N) is 1. The first-order chi connectivity index (χ1) is 17.5. The topological polar surface area (TPSA) is 88.7 Å². The lowest BCUT2D eigenvalue weighted by Gasteiger charge is -2.18. The first-order valence-corrected chi connectivity index (χ1v) is 12.1. The maximum Gasteiger partial charge on any atom is 0.431 e. The smallest absolute Gasteiger partial charge is 0.431 e. The highest BCUT2D eigenvalue weighted by Gasteiger charge is 2.36. The van der Waals surface area contributed by atoms with Gasteiger partial charge in [0.15, 0.2) is 6.61 Å². The molecule has 0 spiro atoms. The van der Waals surface area contributed by atoms with Crippen molar-refractivity contribution in [3.63, 3.8) is 0 Å². The zero-order valence-corrected chi connectivity index (χ0v) is 21.3. The number of rotatable bonds is 6. The highest BCUT2D eigenvalue weighted by Crippen LogP contribution is 2.41. The van der Waals surface area contributed by atoms with E-state index >= 15 is 0 Å². The lowest BCUT2D eigenvalue weighted by atomic mass is 10.1. The fourth-order valence-corrected chi connectivity index (χ4v) is 5.26. The number of aromatic amines is 1. The molecule has 0 bridgehead atoms. The summed E-state index contributed by atoms with van der Waals surface area (Å²) >= 11 is 13.1. The Morgan fingerprint density at radius 2 is 1.76 bits per heavy atom. The highest BCUT2D eigenvalue weighted by molar-refractivity contribution is 7.99. The van der Waals surface area contributed by atoms with Crippen molar-refractivity contribution in [2.24, 2.45) is 0 Å². The van der Waals surface area contributed by atoms with Gasteiger partial charge >= 0.3 is 12.1 Å². The van der Waals surface area contributed by atoms with Crippen LogP contribution in [0.15, 0.2) is 57.1 Å². The van der Waals surface area contributed by atoms with Crippen molar-refractivity contribution in [1.29, 1.82) is 0 Å². The predicted molar refractivity (Wildman–Crippen MR) is 130 cm³/mol. The Bertz CT molecular complexity index is 1420. The van der Waals surface area contributed by atoms with Gasteiger partial charge in [0, 0.05) is 22.9 Å². The third-order valence-electron chi connectivity index (χ3n) is 5.42. The third kappa shape index (κ3) is 5.89. The molecule has 0 radical (unpaired) electrons. The number of esters is 1. The maximum atomic E-state index is 13.5. The van der Waals surface area contributed by atoms with Crippen molar-refractivity contribution < 1.29 is 32.2 Å². The molecule has 7 nitrogen and oxygen atoms in total. The van der Waals surface area contributed by atoms with Crippen LogP contribution in [0.5, 0.6) is 5.75 Å². The SMILES string of the molecule is COC(=O)COc1ccc2c(c1)CN(C(=O)c1c(Sc3c(Cl)cccc3Cl)cc(C(F)(F)F)[nH]c1=O)C2. The molecular formula is C24H17Cl2F3N2O5S. The molecule has 2 aromatic carbocycles. The monoisotopic (exact) mass is 572 g/mol. The molecule has 2 heterocycles. The zero-order chi connectivity index (χ0) is 26.9. The first kappa shape index (κ1) is 26.9. The van der Waals surface area contributed by atoms with Gasteiger partial charge in [-0.25, -0.2) is 4.79 Å². The number of pyridine rings is 1. The Morgan fingerprint density at radius 1 is 1.08 bits per heavy atom. The Balaban J connectivity index is 1.67. The second-order valence-corrected chi connectivity index (χ2v) is 9.73. The van der Waals surface area contributed by atoms with E-state index in [0.29, 0.717) is 29.1 Å². The molecule has 13 heteroatoms. The van der Waals surface area contributed by atoms with Gasteiger partial charge in [0.2, 0.25) is 0 Å². The fraction of sp³-hybridized carbons (Fsp3) is 0.208. The molecule has 0 saturated heterocycles. The minimum atomic E-state index is -4.86. The van der Waals surface area contributed by atoms with Crippen molar-refractivity contribution >= 4 is 46.8 Å². The van der Waals surface area contributed by atoms with E-state index in [1.165, 1.54) is 24.1 Å². The molecule has 1 N–H and O–H groups in total. The average molecular weight is 573 g/mol. The largest absolute Gasteiger partial charge is 0.482 e. The number of amides is 1. The minimum absolute atomic E-state index is 0.0704. The Morgan fingerprint density at radius 3 is 2.41 bits per heavy atom. The summed E-state index contributed by atoms with van der Waals surface area (Å²) in [6, 6.07) is 10.2. The summed E-state index contributed by atoms with van der Waals surface area (Å²) in [6.45, 7) is -0.117. The number of methoxy groups -OCH3 is 1. The van der Waals surface area contributed by atoms with Crippen LogP contribution in [-0.4, -0.2) is 35.5 Å². The molecule has 4 rings (SSSR count). The van der Waals surface area contributed by atoms with E-state index in [4.69, 9.17) is 27.9 Å². The van der Waals surface area contributed by atoms with Gasteiger partial charge in [-0.1, -0.05) is 47.1 Å². The molecule has 0 aliphatic carbocycles. The van der Waals surface area contributed by atoms with Crippen LogP contribution in [0.3, 0.4) is 0 Å². The second kappa shape index (κ2) is 10.7. The average Bonchev–Trinajstić information content (AvgIpc) is 3.27. The molecule has 37 heavy (non-hydrogen) atoms. The fourth-order valence-electron chi connectivity index (χ4n) is 3.63. The van der Waals surface area contributed by atoms with Gasteiger partial charge in [-0.3, -0.25) is 9.59 Å². The summed E-state index contributed by atoms with van der Waals surface area (Å²) in [5.74, 6) is -0.966. The molecule has 194 valence electrons. The van der Waals surface area contributed by atoms with Crippen LogP contribution < -0.4 is 10.3 Å². The van der Waals surface area contributed by atoms with Crippen molar-refractivity contribution in [3.05, 3.63) is 85.2 Å². The summed E-state index contributed by atoms with van der Waals surface area (Å²) in [6.07, 6.45) is -4.86. The van der Waals surface area contributed by atoms with E-state index < -0.39 is 34.9 Å². The number of H-pyrrole nitrogens is 1. The first-order valence-electron chi connectivity index (χ1n) is 10.5. The van der Waals surface area contributed by atoms with Gasteiger partial charge in [0.05, 0.1) is 17.2 Å². The Labute approximate surface area is 222 Å². The van der Waals surface area contributed by atoms with Crippen molar-refractivity contribution in [1.82, 2.24) is 9.88 Å². The van der Waals surface area contributed by atoms with Crippen LogP contribution in [-0.2, 0) is 28.8 Å². The lowest BCUT2D eigenvalue weighted by Crippen LogP contribution is -2.32. The molecule has 1 aliphatic heterocycles.